The summed E-state index contributed by atoms with van der Waals surface area (Å²) >= 11 is 0. The number of esters is 1. The highest BCUT2D eigenvalue weighted by Crippen LogP contribution is 2.33. The summed E-state index contributed by atoms with van der Waals surface area (Å²) in [4.78, 5) is 35.1. The van der Waals surface area contributed by atoms with E-state index in [0.717, 1.165) is 6.29 Å². The first-order chi connectivity index (χ1) is 9.91. The van der Waals surface area contributed by atoms with E-state index in [0.29, 0.717) is 12.8 Å². The van der Waals surface area contributed by atoms with Crippen LogP contribution < -0.4 is 5.32 Å². The number of carbonyl (C=O) groups is 3. The molecule has 0 spiro atoms. The standard InChI is InChI=1S/C16H27NO5/c1-15(2,3)21-13(19)12-8-11(7-10(12)9-18)17-14(20)22-16(4,5)6/h9-12H,7-8H2,1-6H3,(H,17,20)/t10-,11-,12?/m0/s1. The molecule has 3 atom stereocenters. The Morgan fingerprint density at radius 1 is 1.00 bits per heavy atom. The maximum atomic E-state index is 12.2. The van der Waals surface area contributed by atoms with E-state index in [9.17, 15) is 14.4 Å². The Bertz CT molecular complexity index is 433. The van der Waals surface area contributed by atoms with Crippen molar-refractivity contribution in [3.05, 3.63) is 0 Å². The number of amides is 1. The zero-order valence-electron chi connectivity index (χ0n) is 14.3. The summed E-state index contributed by atoms with van der Waals surface area (Å²) in [6, 6.07) is -0.262. The lowest BCUT2D eigenvalue weighted by Crippen LogP contribution is -2.38. The van der Waals surface area contributed by atoms with Crippen LogP contribution in [0.2, 0.25) is 0 Å². The van der Waals surface area contributed by atoms with Crippen LogP contribution in [-0.2, 0) is 19.1 Å². The lowest BCUT2D eigenvalue weighted by Gasteiger charge is -2.23. The van der Waals surface area contributed by atoms with Gasteiger partial charge >= 0.3 is 12.1 Å². The van der Waals surface area contributed by atoms with Crippen molar-refractivity contribution in [1.29, 1.82) is 0 Å². The minimum atomic E-state index is -0.596. The summed E-state index contributed by atoms with van der Waals surface area (Å²) in [5.41, 5.74) is -1.18. The molecule has 1 aliphatic rings. The van der Waals surface area contributed by atoms with Crippen molar-refractivity contribution >= 4 is 18.3 Å². The van der Waals surface area contributed by atoms with Gasteiger partial charge in [0.25, 0.3) is 0 Å². The molecule has 1 unspecified atom stereocenters. The Hall–Kier alpha value is -1.59. The van der Waals surface area contributed by atoms with E-state index in [2.05, 4.69) is 5.32 Å². The van der Waals surface area contributed by atoms with E-state index < -0.39 is 35.1 Å². The molecule has 1 fully saturated rings. The van der Waals surface area contributed by atoms with Gasteiger partial charge < -0.3 is 19.6 Å². The number of rotatable bonds is 3. The maximum Gasteiger partial charge on any atom is 0.407 e. The third kappa shape index (κ3) is 6.03. The van der Waals surface area contributed by atoms with Crippen LogP contribution in [0.3, 0.4) is 0 Å². The summed E-state index contributed by atoms with van der Waals surface area (Å²) in [5, 5.41) is 2.72. The van der Waals surface area contributed by atoms with Gasteiger partial charge in [0.15, 0.2) is 0 Å². The van der Waals surface area contributed by atoms with Crippen molar-refractivity contribution < 1.29 is 23.9 Å². The van der Waals surface area contributed by atoms with Gasteiger partial charge in [-0.15, -0.1) is 0 Å². The number of carbonyl (C=O) groups excluding carboxylic acids is 3. The molecule has 1 aliphatic carbocycles. The highest BCUT2D eigenvalue weighted by Gasteiger charge is 2.41. The topological polar surface area (TPSA) is 81.7 Å². The van der Waals surface area contributed by atoms with Crippen LogP contribution in [0.25, 0.3) is 0 Å². The zero-order valence-corrected chi connectivity index (χ0v) is 14.3. The Labute approximate surface area is 131 Å². The van der Waals surface area contributed by atoms with E-state index in [1.807, 2.05) is 0 Å². The van der Waals surface area contributed by atoms with Crippen molar-refractivity contribution in [3.8, 4) is 0 Å². The smallest absolute Gasteiger partial charge is 0.407 e. The van der Waals surface area contributed by atoms with Gasteiger partial charge in [-0.3, -0.25) is 4.79 Å². The predicted octanol–water partition coefficient (Wildman–Crippen LogP) is 2.45. The highest BCUT2D eigenvalue weighted by atomic mass is 16.6. The first-order valence-corrected chi connectivity index (χ1v) is 7.59. The molecule has 0 heterocycles. The third-order valence-corrected chi connectivity index (χ3v) is 3.22. The first kappa shape index (κ1) is 18.5. The fourth-order valence-electron chi connectivity index (χ4n) is 2.46. The summed E-state index contributed by atoms with van der Waals surface area (Å²) < 4.78 is 10.5. The summed E-state index contributed by atoms with van der Waals surface area (Å²) in [6.07, 6.45) is 1.04. The molecular formula is C16H27NO5. The van der Waals surface area contributed by atoms with Crippen LogP contribution >= 0.6 is 0 Å². The van der Waals surface area contributed by atoms with Gasteiger partial charge in [-0.2, -0.15) is 0 Å². The minimum Gasteiger partial charge on any atom is -0.460 e. The molecule has 6 heteroatoms. The van der Waals surface area contributed by atoms with E-state index >= 15 is 0 Å². The Balaban J connectivity index is 2.63. The molecule has 126 valence electrons. The lowest BCUT2D eigenvalue weighted by atomic mass is 9.97. The first-order valence-electron chi connectivity index (χ1n) is 7.59. The van der Waals surface area contributed by atoms with E-state index in [1.165, 1.54) is 0 Å². The van der Waals surface area contributed by atoms with Crippen LogP contribution in [0.4, 0.5) is 4.79 Å². The van der Waals surface area contributed by atoms with Gasteiger partial charge in [-0.25, -0.2) is 4.79 Å². The van der Waals surface area contributed by atoms with Crippen molar-refractivity contribution in [3.63, 3.8) is 0 Å². The van der Waals surface area contributed by atoms with Crippen LogP contribution in [0.15, 0.2) is 0 Å². The molecule has 0 aromatic rings. The molecule has 1 saturated carbocycles. The van der Waals surface area contributed by atoms with Crippen LogP contribution in [0.5, 0.6) is 0 Å². The second-order valence-corrected chi connectivity index (χ2v) is 7.75. The second-order valence-electron chi connectivity index (χ2n) is 7.75. The highest BCUT2D eigenvalue weighted by molar-refractivity contribution is 5.78. The summed E-state index contributed by atoms with van der Waals surface area (Å²) in [7, 11) is 0. The maximum absolute atomic E-state index is 12.2. The molecular weight excluding hydrogens is 286 g/mol. The zero-order chi connectivity index (χ0) is 17.1. The normalized spacial score (nSPS) is 25.5. The fourth-order valence-corrected chi connectivity index (χ4v) is 2.46. The van der Waals surface area contributed by atoms with Crippen molar-refractivity contribution in [2.75, 3.05) is 0 Å². The number of aldehydes is 1. The lowest BCUT2D eigenvalue weighted by molar-refractivity contribution is -0.161. The van der Waals surface area contributed by atoms with E-state index in [-0.39, 0.29) is 6.04 Å². The molecule has 0 bridgehead atoms. The SMILES string of the molecule is CC(C)(C)OC(=O)N[C@@H]1CC(C(=O)OC(C)(C)C)[C@H](C=O)C1. The average Bonchev–Trinajstić information content (AvgIpc) is 2.66. The largest absolute Gasteiger partial charge is 0.460 e. The van der Waals surface area contributed by atoms with Crippen molar-refractivity contribution in [2.24, 2.45) is 11.8 Å². The minimum absolute atomic E-state index is 0.262. The Morgan fingerprint density at radius 2 is 1.55 bits per heavy atom. The number of hydrogen-bond donors (Lipinski definition) is 1. The monoisotopic (exact) mass is 313 g/mol. The molecule has 6 nitrogen and oxygen atoms in total. The van der Waals surface area contributed by atoms with Gasteiger partial charge in [0.2, 0.25) is 0 Å². The average molecular weight is 313 g/mol. The van der Waals surface area contributed by atoms with Gasteiger partial charge in [-0.05, 0) is 54.4 Å². The van der Waals surface area contributed by atoms with Crippen molar-refractivity contribution in [2.45, 2.75) is 71.6 Å². The molecule has 1 rings (SSSR count). The van der Waals surface area contributed by atoms with Gasteiger partial charge in [-0.1, -0.05) is 0 Å². The van der Waals surface area contributed by atoms with Crippen LogP contribution in [0.1, 0.15) is 54.4 Å². The second kappa shape index (κ2) is 6.67. The van der Waals surface area contributed by atoms with Gasteiger partial charge in [0.05, 0.1) is 5.92 Å². The van der Waals surface area contributed by atoms with Crippen LogP contribution in [0, 0.1) is 11.8 Å². The molecule has 0 radical (unpaired) electrons. The Kier molecular flexibility index (Phi) is 5.59. The molecule has 0 aromatic heterocycles. The Morgan fingerprint density at radius 3 is 2.00 bits per heavy atom. The third-order valence-electron chi connectivity index (χ3n) is 3.22. The number of ether oxygens (including phenoxy) is 2. The molecule has 1 N–H and O–H groups in total. The quantitative estimate of drug-likeness (QED) is 0.639. The predicted molar refractivity (Wildman–Crippen MR) is 81.3 cm³/mol. The summed E-state index contributed by atoms with van der Waals surface area (Å²) in [6.45, 7) is 10.7. The molecule has 0 saturated heterocycles. The fraction of sp³-hybridized carbons (Fsp3) is 0.812. The summed E-state index contributed by atoms with van der Waals surface area (Å²) in [5.74, 6) is -1.34. The number of alkyl carbamates (subject to hydrolysis) is 1. The molecule has 0 aromatic carbocycles. The van der Waals surface area contributed by atoms with Crippen molar-refractivity contribution in [1.82, 2.24) is 5.32 Å². The molecule has 1 amide bonds. The van der Waals surface area contributed by atoms with Gasteiger partial charge in [0, 0.05) is 12.0 Å². The van der Waals surface area contributed by atoms with Gasteiger partial charge in [0.1, 0.15) is 17.5 Å². The van der Waals surface area contributed by atoms with E-state index in [1.54, 1.807) is 41.5 Å². The molecule has 22 heavy (non-hydrogen) atoms. The molecule has 0 aliphatic heterocycles. The number of nitrogens with one attached hydrogen (secondary N) is 1. The van der Waals surface area contributed by atoms with E-state index in [4.69, 9.17) is 9.47 Å². The van der Waals surface area contributed by atoms with Crippen LogP contribution in [-0.4, -0.2) is 35.6 Å². The number of hydrogen-bond acceptors (Lipinski definition) is 5.